The Kier molecular flexibility index (Phi) is 52.4. The molecule has 0 aromatic heterocycles. The average Bonchev–Trinajstić information content (AvgIpc) is 3.33. The number of hydrogen-bond acceptors (Lipinski definition) is 6. The molecule has 0 unspecified atom stereocenters. The number of unbranched alkanes of at least 4 members (excludes halogenated alkanes) is 25. The van der Waals surface area contributed by atoms with Gasteiger partial charge in [-0.05, 0) is 96.3 Å². The summed E-state index contributed by atoms with van der Waals surface area (Å²) in [7, 11) is 0. The molecule has 0 aliphatic heterocycles. The summed E-state index contributed by atoms with van der Waals surface area (Å²) < 4.78 is 16.8. The van der Waals surface area contributed by atoms with Crippen molar-refractivity contribution in [3.05, 3.63) is 85.1 Å². The van der Waals surface area contributed by atoms with Crippen LogP contribution in [0.2, 0.25) is 0 Å². The molecule has 6 heteroatoms. The van der Waals surface area contributed by atoms with Gasteiger partial charge in [0.1, 0.15) is 13.2 Å². The molecule has 67 heavy (non-hydrogen) atoms. The maximum absolute atomic E-state index is 12.8. The summed E-state index contributed by atoms with van der Waals surface area (Å²) in [6.45, 7) is 6.52. The van der Waals surface area contributed by atoms with Crippen LogP contribution in [0.1, 0.15) is 265 Å². The Hall–Kier alpha value is -3.41. The molecule has 1 atom stereocenters. The largest absolute Gasteiger partial charge is 0.462 e. The van der Waals surface area contributed by atoms with E-state index in [0.717, 1.165) is 77.0 Å². The lowest BCUT2D eigenvalue weighted by Crippen LogP contribution is -2.30. The summed E-state index contributed by atoms with van der Waals surface area (Å²) in [6.07, 6.45) is 71.5. The predicted octanol–water partition coefficient (Wildman–Crippen LogP) is 18.8. The van der Waals surface area contributed by atoms with Gasteiger partial charge in [0, 0.05) is 19.3 Å². The van der Waals surface area contributed by atoms with Crippen LogP contribution in [0.5, 0.6) is 0 Å². The van der Waals surface area contributed by atoms with E-state index in [1.165, 1.54) is 141 Å². The quantitative estimate of drug-likeness (QED) is 0.0262. The van der Waals surface area contributed by atoms with E-state index < -0.39 is 6.10 Å². The smallest absolute Gasteiger partial charge is 0.306 e. The molecule has 0 aliphatic carbocycles. The third kappa shape index (κ3) is 53.4. The summed E-state index contributed by atoms with van der Waals surface area (Å²) >= 11 is 0. The Bertz CT molecular complexity index is 1300. The molecular weight excluding hydrogens is 829 g/mol. The normalized spacial score (nSPS) is 12.7. The highest BCUT2D eigenvalue weighted by Gasteiger charge is 2.19. The van der Waals surface area contributed by atoms with Crippen LogP contribution >= 0.6 is 0 Å². The Morgan fingerprint density at radius 1 is 0.299 bits per heavy atom. The van der Waals surface area contributed by atoms with Crippen LogP contribution in [0, 0.1) is 0 Å². The molecule has 0 saturated carbocycles. The van der Waals surface area contributed by atoms with E-state index in [1.54, 1.807) is 0 Å². The van der Waals surface area contributed by atoms with Gasteiger partial charge in [-0.25, -0.2) is 0 Å². The van der Waals surface area contributed by atoms with Crippen molar-refractivity contribution < 1.29 is 28.6 Å². The highest BCUT2D eigenvalue weighted by Crippen LogP contribution is 2.15. The molecule has 0 amide bonds. The highest BCUT2D eigenvalue weighted by atomic mass is 16.6. The van der Waals surface area contributed by atoms with Gasteiger partial charge in [-0.2, -0.15) is 0 Å². The minimum atomic E-state index is -0.819. The van der Waals surface area contributed by atoms with E-state index in [-0.39, 0.29) is 37.5 Å². The zero-order valence-electron chi connectivity index (χ0n) is 43.9. The van der Waals surface area contributed by atoms with E-state index in [4.69, 9.17) is 14.2 Å². The van der Waals surface area contributed by atoms with Crippen molar-refractivity contribution in [2.24, 2.45) is 0 Å². The van der Waals surface area contributed by atoms with Gasteiger partial charge in [-0.1, -0.05) is 234 Å². The van der Waals surface area contributed by atoms with E-state index in [2.05, 4.69) is 106 Å². The van der Waals surface area contributed by atoms with Crippen molar-refractivity contribution in [2.45, 2.75) is 271 Å². The van der Waals surface area contributed by atoms with Gasteiger partial charge >= 0.3 is 17.9 Å². The fraction of sp³-hybridized carbons (Fsp3) is 0.721. The van der Waals surface area contributed by atoms with Crippen LogP contribution < -0.4 is 0 Å². The Labute approximate surface area is 414 Å². The van der Waals surface area contributed by atoms with Gasteiger partial charge < -0.3 is 14.2 Å². The molecule has 0 aromatic rings. The molecule has 0 heterocycles. The molecule has 0 N–H and O–H groups in total. The minimum Gasteiger partial charge on any atom is -0.462 e. The van der Waals surface area contributed by atoms with Gasteiger partial charge in [0.2, 0.25) is 0 Å². The molecule has 6 nitrogen and oxygen atoms in total. The Balaban J connectivity index is 4.51. The van der Waals surface area contributed by atoms with Gasteiger partial charge in [0.25, 0.3) is 0 Å². The monoisotopic (exact) mass is 933 g/mol. The lowest BCUT2D eigenvalue weighted by molar-refractivity contribution is -0.167. The van der Waals surface area contributed by atoms with Crippen molar-refractivity contribution >= 4 is 17.9 Å². The Morgan fingerprint density at radius 3 is 0.910 bits per heavy atom. The summed E-state index contributed by atoms with van der Waals surface area (Å²) in [5, 5.41) is 0. The molecule has 0 saturated heterocycles. The maximum Gasteiger partial charge on any atom is 0.306 e. The number of carbonyl (C=O) groups excluding carboxylic acids is 3. The maximum atomic E-state index is 12.8. The molecule has 0 rings (SSSR count). The minimum absolute atomic E-state index is 0.109. The molecule has 0 spiro atoms. The van der Waals surface area contributed by atoms with Crippen LogP contribution in [-0.2, 0) is 28.6 Å². The molecule has 0 radical (unpaired) electrons. The molecule has 0 aromatic carbocycles. The second kappa shape index (κ2) is 55.2. The van der Waals surface area contributed by atoms with E-state index >= 15 is 0 Å². The summed E-state index contributed by atoms with van der Waals surface area (Å²) in [5.41, 5.74) is 0. The summed E-state index contributed by atoms with van der Waals surface area (Å²) in [5.74, 6) is -1.00. The molecule has 0 aliphatic rings. The number of allylic oxidation sites excluding steroid dienone is 14. The number of esters is 3. The first-order valence-electron chi connectivity index (χ1n) is 28.1. The fourth-order valence-corrected chi connectivity index (χ4v) is 7.62. The van der Waals surface area contributed by atoms with Crippen LogP contribution in [0.25, 0.3) is 0 Å². The molecule has 0 bridgehead atoms. The molecular formula is C61H104O6. The number of carbonyl (C=O) groups is 3. The molecule has 0 fully saturated rings. The first kappa shape index (κ1) is 63.6. The second-order valence-electron chi connectivity index (χ2n) is 18.5. The lowest BCUT2D eigenvalue weighted by atomic mass is 10.0. The van der Waals surface area contributed by atoms with Gasteiger partial charge in [0.05, 0.1) is 0 Å². The number of rotatable bonds is 50. The van der Waals surface area contributed by atoms with Crippen molar-refractivity contribution in [2.75, 3.05) is 13.2 Å². The number of hydrogen-bond donors (Lipinski definition) is 0. The lowest BCUT2D eigenvalue weighted by Gasteiger charge is -2.18. The van der Waals surface area contributed by atoms with E-state index in [1.807, 2.05) is 0 Å². The zero-order valence-corrected chi connectivity index (χ0v) is 43.9. The zero-order chi connectivity index (χ0) is 48.6. The first-order valence-corrected chi connectivity index (χ1v) is 28.1. The van der Waals surface area contributed by atoms with E-state index in [9.17, 15) is 14.4 Å². The van der Waals surface area contributed by atoms with Crippen LogP contribution in [0.15, 0.2) is 85.1 Å². The Morgan fingerprint density at radius 2 is 0.552 bits per heavy atom. The van der Waals surface area contributed by atoms with Crippen molar-refractivity contribution in [1.82, 2.24) is 0 Å². The predicted molar refractivity (Wildman–Crippen MR) is 288 cm³/mol. The topological polar surface area (TPSA) is 78.9 Å². The van der Waals surface area contributed by atoms with Gasteiger partial charge in [0.15, 0.2) is 6.10 Å². The summed E-state index contributed by atoms with van der Waals surface area (Å²) in [4.78, 5) is 38.1. The van der Waals surface area contributed by atoms with E-state index in [0.29, 0.717) is 19.3 Å². The second-order valence-corrected chi connectivity index (χ2v) is 18.5. The molecule has 384 valence electrons. The van der Waals surface area contributed by atoms with Crippen molar-refractivity contribution in [1.29, 1.82) is 0 Å². The van der Waals surface area contributed by atoms with Crippen LogP contribution in [-0.4, -0.2) is 37.2 Å². The standard InChI is InChI=1S/C61H104O6/c1-4-7-10-13-16-19-22-25-28-30-33-36-39-42-45-48-51-54-60(63)66-57-58(56-65-59(62)53-50-47-44-41-38-35-32-27-24-21-18-15-12-9-6-3)67-61(64)55-52-49-46-43-40-37-34-31-29-26-23-20-17-14-11-8-5-2/h17-18,20-21,26-27,29,32,34,37-38,41,43,46,58H,4-16,19,22-25,28,30-31,33,35-36,39-40,42,44-45,47-57H2,1-3H3/b20-17-,21-18-,29-26-,32-27-,37-34-,41-38-,46-43-/t58-/m1/s1. The van der Waals surface area contributed by atoms with Crippen LogP contribution in [0.3, 0.4) is 0 Å². The van der Waals surface area contributed by atoms with Gasteiger partial charge in [-0.15, -0.1) is 0 Å². The third-order valence-corrected chi connectivity index (χ3v) is 11.9. The average molecular weight is 933 g/mol. The van der Waals surface area contributed by atoms with Gasteiger partial charge in [-0.3, -0.25) is 14.4 Å². The first-order chi connectivity index (χ1) is 33.0. The number of ether oxygens (including phenoxy) is 3. The fourth-order valence-electron chi connectivity index (χ4n) is 7.62. The SMILES string of the molecule is CCCCC/C=C\C/C=C\C/C=C\C/C=C\CCCC(=O)O[C@H](COC(=O)CCCC/C=C\C/C=C\C/C=C\CCCCC)COC(=O)CCCCCCCCCCCCCCCCCCC. The highest BCUT2D eigenvalue weighted by molar-refractivity contribution is 5.71. The van der Waals surface area contributed by atoms with Crippen molar-refractivity contribution in [3.63, 3.8) is 0 Å². The summed E-state index contributed by atoms with van der Waals surface area (Å²) in [6, 6.07) is 0. The third-order valence-electron chi connectivity index (χ3n) is 11.9. The van der Waals surface area contributed by atoms with Crippen molar-refractivity contribution in [3.8, 4) is 0 Å². The van der Waals surface area contributed by atoms with Crippen LogP contribution in [0.4, 0.5) is 0 Å².